The van der Waals surface area contributed by atoms with Gasteiger partial charge in [0.15, 0.2) is 0 Å². The lowest BCUT2D eigenvalue weighted by Crippen LogP contribution is -2.13. The zero-order chi connectivity index (χ0) is 19.6. The van der Waals surface area contributed by atoms with Crippen molar-refractivity contribution >= 4 is 11.6 Å². The van der Waals surface area contributed by atoms with Crippen LogP contribution in [0.25, 0.3) is 11.3 Å². The Hall–Kier alpha value is -3.48. The van der Waals surface area contributed by atoms with Crippen molar-refractivity contribution in [3.63, 3.8) is 0 Å². The van der Waals surface area contributed by atoms with Crippen LogP contribution < -0.4 is 5.73 Å². The summed E-state index contributed by atoms with van der Waals surface area (Å²) in [7, 11) is 0. The number of amides is 1. The highest BCUT2D eigenvalue weighted by Gasteiger charge is 2.17. The Morgan fingerprint density at radius 2 is 1.78 bits per heavy atom. The summed E-state index contributed by atoms with van der Waals surface area (Å²) >= 11 is 0. The van der Waals surface area contributed by atoms with Crippen molar-refractivity contribution in [2.24, 2.45) is 5.73 Å². The second kappa shape index (κ2) is 7.41. The minimum absolute atomic E-state index is 0.00462. The van der Waals surface area contributed by atoms with Crippen molar-refractivity contribution in [1.82, 2.24) is 4.57 Å². The number of carbonyl (C=O) groups is 1. The first kappa shape index (κ1) is 18.3. The molecule has 0 aliphatic rings. The van der Waals surface area contributed by atoms with Crippen LogP contribution >= 0.6 is 0 Å². The highest BCUT2D eigenvalue weighted by molar-refractivity contribution is 5.95. The number of hydrogen-bond donors (Lipinski definition) is 1. The Morgan fingerprint density at radius 1 is 1.15 bits per heavy atom. The number of nitro groups is 1. The van der Waals surface area contributed by atoms with Gasteiger partial charge in [0.2, 0.25) is 0 Å². The average molecular weight is 367 g/mol. The van der Waals surface area contributed by atoms with Gasteiger partial charge in [-0.25, -0.2) is 4.39 Å². The second-order valence-electron chi connectivity index (χ2n) is 6.23. The molecule has 0 unspecified atom stereocenters. The normalized spacial score (nSPS) is 10.7. The number of carbonyl (C=O) groups excluding carboxylic acids is 1. The summed E-state index contributed by atoms with van der Waals surface area (Å²) in [6.07, 6.45) is 0.633. The van der Waals surface area contributed by atoms with Crippen LogP contribution in [0.5, 0.6) is 0 Å². The Morgan fingerprint density at radius 3 is 2.33 bits per heavy atom. The standard InChI is InChI=1S/C20H18FN3O3/c1-13-18(20(22)25)12-19(15-4-8-17(9-5-15)24(26)27)23(13)11-10-14-2-6-16(21)7-3-14/h2-9,12H,10-11H2,1H3,(H2,22,25). The molecule has 138 valence electrons. The zero-order valence-electron chi connectivity index (χ0n) is 14.7. The van der Waals surface area contributed by atoms with Crippen LogP contribution in [-0.4, -0.2) is 15.4 Å². The van der Waals surface area contributed by atoms with E-state index in [-0.39, 0.29) is 11.5 Å². The monoisotopic (exact) mass is 367 g/mol. The highest BCUT2D eigenvalue weighted by Crippen LogP contribution is 2.28. The SMILES string of the molecule is Cc1c(C(N)=O)cc(-c2ccc([N+](=O)[O-])cc2)n1CCc1ccc(F)cc1. The van der Waals surface area contributed by atoms with E-state index in [9.17, 15) is 19.3 Å². The van der Waals surface area contributed by atoms with E-state index in [1.165, 1.54) is 24.3 Å². The van der Waals surface area contributed by atoms with Crippen molar-refractivity contribution in [3.8, 4) is 11.3 Å². The molecule has 0 fully saturated rings. The number of aromatic nitrogens is 1. The van der Waals surface area contributed by atoms with Crippen LogP contribution in [0.4, 0.5) is 10.1 Å². The quantitative estimate of drug-likeness (QED) is 0.530. The smallest absolute Gasteiger partial charge is 0.269 e. The largest absolute Gasteiger partial charge is 0.366 e. The number of hydrogen-bond acceptors (Lipinski definition) is 3. The van der Waals surface area contributed by atoms with E-state index in [2.05, 4.69) is 0 Å². The molecule has 3 aromatic rings. The van der Waals surface area contributed by atoms with Crippen molar-refractivity contribution in [3.05, 3.63) is 87.3 Å². The fraction of sp³-hybridized carbons (Fsp3) is 0.150. The van der Waals surface area contributed by atoms with Crippen molar-refractivity contribution in [1.29, 1.82) is 0 Å². The van der Waals surface area contributed by atoms with Gasteiger partial charge < -0.3 is 10.3 Å². The molecule has 1 amide bonds. The van der Waals surface area contributed by atoms with Gasteiger partial charge in [0.1, 0.15) is 5.82 Å². The van der Waals surface area contributed by atoms with Crippen LogP contribution in [0.1, 0.15) is 21.6 Å². The van der Waals surface area contributed by atoms with Crippen LogP contribution in [-0.2, 0) is 13.0 Å². The average Bonchev–Trinajstić information content (AvgIpc) is 2.98. The molecule has 3 rings (SSSR count). The molecule has 27 heavy (non-hydrogen) atoms. The number of primary amides is 1. The van der Waals surface area contributed by atoms with E-state index < -0.39 is 10.8 Å². The van der Waals surface area contributed by atoms with Gasteiger partial charge in [-0.05, 0) is 54.8 Å². The molecule has 0 saturated carbocycles. The molecule has 0 spiro atoms. The van der Waals surface area contributed by atoms with Crippen molar-refractivity contribution in [2.45, 2.75) is 19.9 Å². The third kappa shape index (κ3) is 3.87. The molecule has 0 bridgehead atoms. The maximum Gasteiger partial charge on any atom is 0.269 e. The summed E-state index contributed by atoms with van der Waals surface area (Å²) in [4.78, 5) is 22.1. The third-order valence-corrected chi connectivity index (χ3v) is 4.54. The second-order valence-corrected chi connectivity index (χ2v) is 6.23. The lowest BCUT2D eigenvalue weighted by atomic mass is 10.1. The van der Waals surface area contributed by atoms with Crippen LogP contribution in [0.15, 0.2) is 54.6 Å². The maximum absolute atomic E-state index is 13.1. The fourth-order valence-electron chi connectivity index (χ4n) is 3.07. The van der Waals surface area contributed by atoms with Gasteiger partial charge in [-0.3, -0.25) is 14.9 Å². The van der Waals surface area contributed by atoms with Gasteiger partial charge in [0.25, 0.3) is 11.6 Å². The Bertz CT molecular complexity index is 993. The maximum atomic E-state index is 13.1. The predicted molar refractivity (Wildman–Crippen MR) is 99.9 cm³/mol. The summed E-state index contributed by atoms with van der Waals surface area (Å²) in [5.74, 6) is -0.824. The molecule has 6 nitrogen and oxygen atoms in total. The lowest BCUT2D eigenvalue weighted by molar-refractivity contribution is -0.384. The number of halogens is 1. The third-order valence-electron chi connectivity index (χ3n) is 4.54. The number of rotatable bonds is 6. The molecule has 0 saturated heterocycles. The molecule has 0 aliphatic heterocycles. The van der Waals surface area contributed by atoms with E-state index in [1.807, 2.05) is 4.57 Å². The van der Waals surface area contributed by atoms with E-state index in [4.69, 9.17) is 5.73 Å². The topological polar surface area (TPSA) is 91.2 Å². The van der Waals surface area contributed by atoms with Crippen LogP contribution in [0, 0.1) is 22.9 Å². The van der Waals surface area contributed by atoms with E-state index in [0.717, 1.165) is 22.5 Å². The molecular formula is C20H18FN3O3. The number of nitrogens with two attached hydrogens (primary N) is 1. The Kier molecular flexibility index (Phi) is 5.03. The first-order valence-electron chi connectivity index (χ1n) is 8.36. The van der Waals surface area contributed by atoms with Crippen LogP contribution in [0.3, 0.4) is 0 Å². The summed E-state index contributed by atoms with van der Waals surface area (Å²) in [5.41, 5.74) is 9.05. The minimum atomic E-state index is -0.531. The van der Waals surface area contributed by atoms with Gasteiger partial charge in [-0.1, -0.05) is 12.1 Å². The van der Waals surface area contributed by atoms with Gasteiger partial charge in [0.05, 0.1) is 10.5 Å². The molecule has 1 aromatic heterocycles. The number of non-ortho nitro benzene ring substituents is 1. The number of nitrogens with zero attached hydrogens (tertiary/aromatic N) is 2. The molecule has 1 heterocycles. The van der Waals surface area contributed by atoms with Crippen LogP contribution in [0.2, 0.25) is 0 Å². The predicted octanol–water partition coefficient (Wildman–Crippen LogP) is 3.85. The summed E-state index contributed by atoms with van der Waals surface area (Å²) in [6, 6.07) is 14.1. The Balaban J connectivity index is 1.97. The zero-order valence-corrected chi connectivity index (χ0v) is 14.7. The number of aryl methyl sites for hydroxylation is 1. The molecule has 2 N–H and O–H groups in total. The number of nitro benzene ring substituents is 1. The molecule has 2 aromatic carbocycles. The minimum Gasteiger partial charge on any atom is -0.366 e. The highest BCUT2D eigenvalue weighted by atomic mass is 19.1. The summed E-state index contributed by atoms with van der Waals surface area (Å²) in [6.45, 7) is 2.36. The molecule has 7 heteroatoms. The van der Waals surface area contributed by atoms with Crippen molar-refractivity contribution in [2.75, 3.05) is 0 Å². The molecule has 0 aliphatic carbocycles. The summed E-state index contributed by atoms with van der Waals surface area (Å²) < 4.78 is 15.0. The van der Waals surface area contributed by atoms with Gasteiger partial charge in [-0.2, -0.15) is 0 Å². The first-order valence-corrected chi connectivity index (χ1v) is 8.36. The Labute approximate surface area is 155 Å². The molecular weight excluding hydrogens is 349 g/mol. The molecule has 0 atom stereocenters. The lowest BCUT2D eigenvalue weighted by Gasteiger charge is -2.12. The van der Waals surface area contributed by atoms with E-state index >= 15 is 0 Å². The van der Waals surface area contributed by atoms with E-state index in [1.54, 1.807) is 37.3 Å². The first-order chi connectivity index (χ1) is 12.9. The molecule has 0 radical (unpaired) electrons. The van der Waals surface area contributed by atoms with Crippen molar-refractivity contribution < 1.29 is 14.1 Å². The summed E-state index contributed by atoms with van der Waals surface area (Å²) in [5, 5.41) is 10.9. The van der Waals surface area contributed by atoms with Gasteiger partial charge in [0, 0.05) is 30.1 Å². The van der Waals surface area contributed by atoms with Gasteiger partial charge in [-0.15, -0.1) is 0 Å². The fourth-order valence-corrected chi connectivity index (χ4v) is 3.07. The number of benzene rings is 2. The van der Waals surface area contributed by atoms with Gasteiger partial charge >= 0.3 is 0 Å². The van der Waals surface area contributed by atoms with E-state index in [0.29, 0.717) is 18.5 Å².